The zero-order valence-electron chi connectivity index (χ0n) is 19.1. The normalized spacial score (nSPS) is 17.9. The number of nitrogens with zero attached hydrogens (tertiary/aromatic N) is 5. The summed E-state index contributed by atoms with van der Waals surface area (Å²) < 4.78 is 17.3. The van der Waals surface area contributed by atoms with Gasteiger partial charge in [-0.15, -0.1) is 0 Å². The molecule has 0 radical (unpaired) electrons. The van der Waals surface area contributed by atoms with Crippen LogP contribution in [0.25, 0.3) is 21.9 Å². The van der Waals surface area contributed by atoms with E-state index in [0.29, 0.717) is 39.7 Å². The van der Waals surface area contributed by atoms with Crippen molar-refractivity contribution in [1.82, 2.24) is 24.4 Å². The van der Waals surface area contributed by atoms with Crippen molar-refractivity contribution in [3.05, 3.63) is 52.6 Å². The average Bonchev–Trinajstić information content (AvgIpc) is 3.33. The zero-order valence-corrected chi connectivity index (χ0v) is 20.7. The number of nitrogen functional groups attached to an aromatic ring is 1. The summed E-state index contributed by atoms with van der Waals surface area (Å²) in [5.41, 5.74) is 7.43. The molecule has 1 fully saturated rings. The van der Waals surface area contributed by atoms with E-state index in [1.165, 1.54) is 17.0 Å². The van der Waals surface area contributed by atoms with Crippen molar-refractivity contribution < 1.29 is 14.0 Å². The first-order chi connectivity index (χ1) is 16.7. The molecule has 3 aromatic heterocycles. The number of amides is 2. The quantitative estimate of drug-likeness (QED) is 0.381. The topological polar surface area (TPSA) is 119 Å². The van der Waals surface area contributed by atoms with E-state index in [1.807, 2.05) is 6.92 Å². The first kappa shape index (κ1) is 23.2. The first-order valence-electron chi connectivity index (χ1n) is 11.2. The lowest BCUT2D eigenvalue weighted by Crippen LogP contribution is -2.47. The summed E-state index contributed by atoms with van der Waals surface area (Å²) >= 11 is 3.29. The molecule has 4 heterocycles. The molecule has 2 atom stereocenters. The lowest BCUT2D eigenvalue weighted by molar-refractivity contribution is -0.138. The van der Waals surface area contributed by atoms with Crippen LogP contribution >= 0.6 is 15.9 Å². The number of carbonyl (C=O) groups is 2. The first-order valence-corrected chi connectivity index (χ1v) is 12.0. The van der Waals surface area contributed by atoms with Crippen molar-refractivity contribution in [2.45, 2.75) is 45.3 Å². The third kappa shape index (κ3) is 4.09. The SMILES string of the molecule is Cc1cc(F)c2c(c1)c1c(N)ncnc1n2CC(=O)N1[C@H](C)CC[C@H]1C(=O)Nc1cccc(Br)n1. The largest absolute Gasteiger partial charge is 0.383 e. The summed E-state index contributed by atoms with van der Waals surface area (Å²) in [6.07, 6.45) is 2.48. The van der Waals surface area contributed by atoms with Gasteiger partial charge in [0.25, 0.3) is 0 Å². The Bertz CT molecular complexity index is 1490. The molecule has 0 spiro atoms. The second kappa shape index (κ2) is 8.88. The fraction of sp³-hybridized carbons (Fsp3) is 0.292. The maximum absolute atomic E-state index is 15.2. The fourth-order valence-electron chi connectivity index (χ4n) is 4.88. The average molecular weight is 540 g/mol. The molecule has 180 valence electrons. The molecule has 1 saturated heterocycles. The summed E-state index contributed by atoms with van der Waals surface area (Å²) in [4.78, 5) is 40.9. The third-order valence-electron chi connectivity index (χ3n) is 6.38. The molecule has 0 saturated carbocycles. The van der Waals surface area contributed by atoms with Crippen LogP contribution in [0, 0.1) is 12.7 Å². The van der Waals surface area contributed by atoms with Crippen LogP contribution in [-0.2, 0) is 16.1 Å². The number of hydrogen-bond donors (Lipinski definition) is 2. The minimum Gasteiger partial charge on any atom is -0.383 e. The Morgan fingerprint density at radius 3 is 2.83 bits per heavy atom. The van der Waals surface area contributed by atoms with Gasteiger partial charge in [0.2, 0.25) is 11.8 Å². The zero-order chi connectivity index (χ0) is 24.9. The van der Waals surface area contributed by atoms with Crippen LogP contribution in [0.2, 0.25) is 0 Å². The highest BCUT2D eigenvalue weighted by molar-refractivity contribution is 9.10. The van der Waals surface area contributed by atoms with Gasteiger partial charge < -0.3 is 20.5 Å². The maximum Gasteiger partial charge on any atom is 0.248 e. The molecule has 1 aliphatic heterocycles. The van der Waals surface area contributed by atoms with Gasteiger partial charge in [-0.25, -0.2) is 19.3 Å². The molecule has 0 aliphatic carbocycles. The lowest BCUT2D eigenvalue weighted by Gasteiger charge is -2.28. The van der Waals surface area contributed by atoms with Crippen LogP contribution in [0.3, 0.4) is 0 Å². The third-order valence-corrected chi connectivity index (χ3v) is 6.82. The van der Waals surface area contributed by atoms with E-state index in [0.717, 1.165) is 5.56 Å². The number of nitrogens with one attached hydrogen (secondary N) is 1. The Kier molecular flexibility index (Phi) is 5.87. The van der Waals surface area contributed by atoms with Crippen LogP contribution in [0.1, 0.15) is 25.3 Å². The Balaban J connectivity index is 1.50. The van der Waals surface area contributed by atoms with E-state index >= 15 is 4.39 Å². The summed E-state index contributed by atoms with van der Waals surface area (Å²) in [5.74, 6) is -0.500. The Morgan fingerprint density at radius 2 is 2.06 bits per heavy atom. The highest BCUT2D eigenvalue weighted by Crippen LogP contribution is 2.34. The smallest absolute Gasteiger partial charge is 0.248 e. The molecule has 35 heavy (non-hydrogen) atoms. The molecule has 0 unspecified atom stereocenters. The predicted octanol–water partition coefficient (Wildman–Crippen LogP) is 3.79. The van der Waals surface area contributed by atoms with Gasteiger partial charge in [0.1, 0.15) is 46.6 Å². The number of halogens is 2. The van der Waals surface area contributed by atoms with Gasteiger partial charge >= 0.3 is 0 Å². The van der Waals surface area contributed by atoms with Gasteiger partial charge in [-0.05, 0) is 72.4 Å². The van der Waals surface area contributed by atoms with Gasteiger partial charge in [0, 0.05) is 11.4 Å². The van der Waals surface area contributed by atoms with E-state index in [2.05, 4.69) is 36.2 Å². The number of likely N-dealkylation sites (tertiary alicyclic amines) is 1. The molecule has 1 aromatic carbocycles. The standard InChI is InChI=1S/C24H23BrFN7O2/c1-12-8-14-20-22(27)28-11-29-23(20)32(21(14)15(26)9-12)10-19(34)33-13(2)6-7-16(33)24(35)31-18-5-3-4-17(25)30-18/h3-5,8-9,11,13,16H,6-7,10H2,1-2H3,(H2,27,28,29)(H,30,31,35)/t13-,16+/m1/s1. The van der Waals surface area contributed by atoms with E-state index in [-0.39, 0.29) is 35.7 Å². The van der Waals surface area contributed by atoms with Crippen molar-refractivity contribution in [2.24, 2.45) is 0 Å². The van der Waals surface area contributed by atoms with Gasteiger partial charge in [-0.2, -0.15) is 0 Å². The number of hydrogen-bond acceptors (Lipinski definition) is 6. The number of anilines is 2. The number of rotatable bonds is 4. The number of pyridine rings is 1. The minimum absolute atomic E-state index is 0.159. The predicted molar refractivity (Wildman–Crippen MR) is 134 cm³/mol. The lowest BCUT2D eigenvalue weighted by atomic mass is 10.1. The number of benzene rings is 1. The van der Waals surface area contributed by atoms with Crippen LogP contribution < -0.4 is 11.1 Å². The van der Waals surface area contributed by atoms with Crippen LogP contribution in [-0.4, -0.2) is 48.3 Å². The number of aromatic nitrogens is 4. The van der Waals surface area contributed by atoms with Gasteiger partial charge in [0.15, 0.2) is 0 Å². The second-order valence-electron chi connectivity index (χ2n) is 8.76. The van der Waals surface area contributed by atoms with E-state index in [9.17, 15) is 9.59 Å². The monoisotopic (exact) mass is 539 g/mol. The van der Waals surface area contributed by atoms with E-state index in [1.54, 1.807) is 36.1 Å². The summed E-state index contributed by atoms with van der Waals surface area (Å²) in [7, 11) is 0. The summed E-state index contributed by atoms with van der Waals surface area (Å²) in [6, 6.07) is 7.59. The van der Waals surface area contributed by atoms with Gasteiger partial charge in [-0.3, -0.25) is 9.59 Å². The number of aryl methyl sites for hydroxylation is 1. The molecule has 9 nitrogen and oxygen atoms in total. The molecule has 0 bridgehead atoms. The fourth-order valence-corrected chi connectivity index (χ4v) is 5.22. The number of nitrogens with two attached hydrogens (primary N) is 1. The molecule has 3 N–H and O–H groups in total. The Labute approximate surface area is 208 Å². The Hall–Kier alpha value is -3.60. The van der Waals surface area contributed by atoms with Gasteiger partial charge in [0.05, 0.1) is 10.9 Å². The second-order valence-corrected chi connectivity index (χ2v) is 9.58. The van der Waals surface area contributed by atoms with E-state index in [4.69, 9.17) is 5.73 Å². The van der Waals surface area contributed by atoms with Crippen molar-refractivity contribution in [1.29, 1.82) is 0 Å². The van der Waals surface area contributed by atoms with Crippen molar-refractivity contribution >= 4 is 61.3 Å². The Morgan fingerprint density at radius 1 is 1.26 bits per heavy atom. The molecular formula is C24H23BrFN7O2. The maximum atomic E-state index is 15.2. The van der Waals surface area contributed by atoms with Crippen molar-refractivity contribution in [3.63, 3.8) is 0 Å². The number of fused-ring (bicyclic) bond motifs is 3. The van der Waals surface area contributed by atoms with Crippen LogP contribution in [0.15, 0.2) is 41.3 Å². The highest BCUT2D eigenvalue weighted by Gasteiger charge is 2.39. The van der Waals surface area contributed by atoms with E-state index < -0.39 is 11.9 Å². The van der Waals surface area contributed by atoms with Crippen molar-refractivity contribution in [3.8, 4) is 0 Å². The summed E-state index contributed by atoms with van der Waals surface area (Å²) in [5, 5.41) is 3.84. The molecule has 5 rings (SSSR count). The molecular weight excluding hydrogens is 517 g/mol. The molecule has 4 aromatic rings. The van der Waals surface area contributed by atoms with Crippen molar-refractivity contribution in [2.75, 3.05) is 11.1 Å². The summed E-state index contributed by atoms with van der Waals surface area (Å²) in [6.45, 7) is 3.49. The van der Waals surface area contributed by atoms with Crippen LogP contribution in [0.4, 0.5) is 16.0 Å². The van der Waals surface area contributed by atoms with Crippen LogP contribution in [0.5, 0.6) is 0 Å². The number of carbonyl (C=O) groups excluding carboxylic acids is 2. The highest BCUT2D eigenvalue weighted by atomic mass is 79.9. The molecule has 1 aliphatic rings. The van der Waals surface area contributed by atoms with Gasteiger partial charge in [-0.1, -0.05) is 6.07 Å². The molecule has 11 heteroatoms. The minimum atomic E-state index is -0.668. The molecule has 2 amide bonds.